The van der Waals surface area contributed by atoms with Gasteiger partial charge in [0.2, 0.25) is 5.91 Å². The molecule has 180 valence electrons. The fourth-order valence-electron chi connectivity index (χ4n) is 3.36. The van der Waals surface area contributed by atoms with Crippen molar-refractivity contribution in [1.29, 1.82) is 0 Å². The molecule has 0 aromatic heterocycles. The topological polar surface area (TPSA) is 66.5 Å². The van der Waals surface area contributed by atoms with Crippen LogP contribution in [0, 0.1) is 13.8 Å². The van der Waals surface area contributed by atoms with Gasteiger partial charge in [-0.15, -0.1) is 11.8 Å². The zero-order valence-corrected chi connectivity index (χ0v) is 21.7. The summed E-state index contributed by atoms with van der Waals surface area (Å²) in [5.74, 6) is 0.682. The Labute approximate surface area is 207 Å². The van der Waals surface area contributed by atoms with E-state index in [-0.39, 0.29) is 17.3 Å². The summed E-state index contributed by atoms with van der Waals surface area (Å²) in [7, 11) is -3.91. The van der Waals surface area contributed by atoms with Crippen LogP contribution in [0.5, 0.6) is 0 Å². The molecular weight excluding hydrogens is 464 g/mol. The van der Waals surface area contributed by atoms with Gasteiger partial charge in [-0.05, 0) is 61.7 Å². The van der Waals surface area contributed by atoms with E-state index in [0.29, 0.717) is 23.9 Å². The van der Waals surface area contributed by atoms with Crippen molar-refractivity contribution >= 4 is 33.4 Å². The van der Waals surface area contributed by atoms with Crippen LogP contribution in [0.25, 0.3) is 0 Å². The van der Waals surface area contributed by atoms with Crippen LogP contribution in [-0.4, -0.2) is 33.2 Å². The number of hydrogen-bond acceptors (Lipinski definition) is 4. The molecule has 0 saturated heterocycles. The number of hydrogen-bond donors (Lipinski definition) is 1. The molecule has 3 rings (SSSR count). The third-order valence-corrected chi connectivity index (χ3v) is 8.26. The predicted octanol–water partition coefficient (Wildman–Crippen LogP) is 5.53. The molecule has 0 aliphatic heterocycles. The van der Waals surface area contributed by atoms with Gasteiger partial charge in [-0.25, -0.2) is 8.42 Å². The van der Waals surface area contributed by atoms with E-state index in [1.165, 1.54) is 9.87 Å². The van der Waals surface area contributed by atoms with E-state index in [9.17, 15) is 13.2 Å². The Kier molecular flexibility index (Phi) is 8.80. The SMILES string of the molecule is Cc1ccc(SCCNC(=O)CN(c2ccc(C(C)C)cc2)S(=O)(=O)c2ccc(C)cc2)cc1. The van der Waals surface area contributed by atoms with Crippen molar-refractivity contribution in [3.63, 3.8) is 0 Å². The van der Waals surface area contributed by atoms with Gasteiger partial charge in [0.05, 0.1) is 10.6 Å². The van der Waals surface area contributed by atoms with E-state index in [2.05, 4.69) is 43.4 Å². The summed E-state index contributed by atoms with van der Waals surface area (Å²) in [4.78, 5) is 14.1. The van der Waals surface area contributed by atoms with Crippen LogP contribution in [0.15, 0.2) is 82.6 Å². The largest absolute Gasteiger partial charge is 0.354 e. The van der Waals surface area contributed by atoms with Crippen molar-refractivity contribution in [3.8, 4) is 0 Å². The third kappa shape index (κ3) is 6.87. The molecule has 0 saturated carbocycles. The van der Waals surface area contributed by atoms with Crippen LogP contribution in [-0.2, 0) is 14.8 Å². The van der Waals surface area contributed by atoms with Crippen molar-refractivity contribution in [2.75, 3.05) is 23.1 Å². The Morgan fingerprint density at radius 1 is 0.882 bits per heavy atom. The first-order chi connectivity index (χ1) is 16.2. The van der Waals surface area contributed by atoms with Crippen LogP contribution in [0.1, 0.15) is 36.5 Å². The molecule has 5 nitrogen and oxygen atoms in total. The number of carbonyl (C=O) groups is 1. The highest BCUT2D eigenvalue weighted by Gasteiger charge is 2.27. The number of nitrogens with one attached hydrogen (secondary N) is 1. The van der Waals surface area contributed by atoms with E-state index >= 15 is 0 Å². The number of thioether (sulfide) groups is 1. The van der Waals surface area contributed by atoms with Gasteiger partial charge in [-0.3, -0.25) is 9.10 Å². The Balaban J connectivity index is 1.73. The van der Waals surface area contributed by atoms with Crippen LogP contribution in [0.3, 0.4) is 0 Å². The number of carbonyl (C=O) groups excluding carboxylic acids is 1. The van der Waals surface area contributed by atoms with Crippen LogP contribution >= 0.6 is 11.8 Å². The van der Waals surface area contributed by atoms with Crippen LogP contribution < -0.4 is 9.62 Å². The van der Waals surface area contributed by atoms with Crippen LogP contribution in [0.2, 0.25) is 0 Å². The highest BCUT2D eigenvalue weighted by atomic mass is 32.2. The summed E-state index contributed by atoms with van der Waals surface area (Å²) in [5, 5.41) is 2.86. The fourth-order valence-corrected chi connectivity index (χ4v) is 5.55. The fraction of sp³-hybridized carbons (Fsp3) is 0.296. The molecule has 0 spiro atoms. The van der Waals surface area contributed by atoms with Crippen molar-refractivity contribution in [1.82, 2.24) is 5.32 Å². The summed E-state index contributed by atoms with van der Waals surface area (Å²) in [5.41, 5.74) is 3.74. The molecule has 0 aliphatic carbocycles. The molecule has 1 amide bonds. The minimum Gasteiger partial charge on any atom is -0.354 e. The van der Waals surface area contributed by atoms with Crippen LogP contribution in [0.4, 0.5) is 5.69 Å². The normalized spacial score (nSPS) is 11.4. The average molecular weight is 497 g/mol. The molecule has 1 N–H and O–H groups in total. The summed E-state index contributed by atoms with van der Waals surface area (Å²) >= 11 is 1.65. The minimum atomic E-state index is -3.91. The number of aryl methyl sites for hydroxylation is 2. The van der Waals surface area contributed by atoms with Gasteiger partial charge in [0.15, 0.2) is 0 Å². The molecule has 0 unspecified atom stereocenters. The van der Waals surface area contributed by atoms with E-state index in [1.54, 1.807) is 48.2 Å². The molecule has 0 atom stereocenters. The molecule has 3 aromatic rings. The predicted molar refractivity (Wildman–Crippen MR) is 141 cm³/mol. The number of nitrogens with zero attached hydrogens (tertiary/aromatic N) is 1. The number of benzene rings is 3. The lowest BCUT2D eigenvalue weighted by Crippen LogP contribution is -2.41. The van der Waals surface area contributed by atoms with E-state index in [4.69, 9.17) is 0 Å². The Hall–Kier alpha value is -2.77. The summed E-state index contributed by atoms with van der Waals surface area (Å²) in [6.07, 6.45) is 0. The van der Waals surface area contributed by atoms with Gasteiger partial charge in [0, 0.05) is 17.2 Å². The van der Waals surface area contributed by atoms with Gasteiger partial charge in [0.25, 0.3) is 10.0 Å². The molecule has 0 radical (unpaired) electrons. The monoisotopic (exact) mass is 496 g/mol. The Bertz CT molecular complexity index is 1190. The maximum absolute atomic E-state index is 13.5. The standard InChI is InChI=1S/C27H32N2O3S2/c1-20(2)23-9-11-24(12-10-23)29(34(31,32)26-15-7-22(4)8-16-26)19-27(30)28-17-18-33-25-13-5-21(3)6-14-25/h5-16,20H,17-19H2,1-4H3,(H,28,30). The van der Waals surface area contributed by atoms with Gasteiger partial charge < -0.3 is 5.32 Å². The average Bonchev–Trinajstić information content (AvgIpc) is 2.81. The van der Waals surface area contributed by atoms with Gasteiger partial charge in [0.1, 0.15) is 6.54 Å². The summed E-state index contributed by atoms with van der Waals surface area (Å²) in [6.45, 7) is 8.27. The molecule has 0 bridgehead atoms. The van der Waals surface area contributed by atoms with Gasteiger partial charge in [-0.1, -0.05) is 61.4 Å². The second-order valence-corrected chi connectivity index (χ2v) is 11.6. The highest BCUT2D eigenvalue weighted by molar-refractivity contribution is 7.99. The molecule has 34 heavy (non-hydrogen) atoms. The summed E-state index contributed by atoms with van der Waals surface area (Å²) < 4.78 is 28.2. The van der Waals surface area contributed by atoms with Gasteiger partial charge in [-0.2, -0.15) is 0 Å². The zero-order chi connectivity index (χ0) is 24.7. The van der Waals surface area contributed by atoms with Gasteiger partial charge >= 0.3 is 0 Å². The first-order valence-electron chi connectivity index (χ1n) is 11.3. The summed E-state index contributed by atoms with van der Waals surface area (Å²) in [6, 6.07) is 22.2. The third-order valence-electron chi connectivity index (χ3n) is 5.46. The minimum absolute atomic E-state index is 0.161. The quantitative estimate of drug-likeness (QED) is 0.296. The first kappa shape index (κ1) is 25.8. The van der Waals surface area contributed by atoms with Crippen molar-refractivity contribution in [2.45, 2.75) is 43.4 Å². The second-order valence-electron chi connectivity index (χ2n) is 8.58. The lowest BCUT2D eigenvalue weighted by Gasteiger charge is -2.24. The zero-order valence-electron chi connectivity index (χ0n) is 20.1. The lowest BCUT2D eigenvalue weighted by molar-refractivity contribution is -0.119. The lowest BCUT2D eigenvalue weighted by atomic mass is 10.0. The Morgan fingerprint density at radius 2 is 1.44 bits per heavy atom. The number of amides is 1. The van der Waals surface area contributed by atoms with Crippen molar-refractivity contribution in [3.05, 3.63) is 89.5 Å². The van der Waals surface area contributed by atoms with E-state index < -0.39 is 10.0 Å². The molecule has 0 fully saturated rings. The number of sulfonamides is 1. The molecule has 0 aliphatic rings. The van der Waals surface area contributed by atoms with E-state index in [0.717, 1.165) is 16.0 Å². The maximum Gasteiger partial charge on any atom is 0.264 e. The number of rotatable bonds is 10. The molecule has 0 heterocycles. The molecular formula is C27H32N2O3S2. The first-order valence-corrected chi connectivity index (χ1v) is 13.7. The van der Waals surface area contributed by atoms with Crippen molar-refractivity contribution < 1.29 is 13.2 Å². The molecule has 3 aromatic carbocycles. The second kappa shape index (κ2) is 11.6. The molecule has 7 heteroatoms. The smallest absolute Gasteiger partial charge is 0.264 e. The Morgan fingerprint density at radius 3 is 2.00 bits per heavy atom. The highest BCUT2D eigenvalue weighted by Crippen LogP contribution is 2.26. The maximum atomic E-state index is 13.5. The van der Waals surface area contributed by atoms with E-state index in [1.807, 2.05) is 26.0 Å². The van der Waals surface area contributed by atoms with Crippen molar-refractivity contribution in [2.24, 2.45) is 0 Å². The number of anilines is 1.